The van der Waals surface area contributed by atoms with E-state index in [0.29, 0.717) is 17.0 Å². The molecule has 182 valence electrons. The molecule has 0 spiro atoms. The molecule has 0 aliphatic rings. The fourth-order valence-corrected chi connectivity index (χ4v) is 5.14. The summed E-state index contributed by atoms with van der Waals surface area (Å²) in [6.07, 6.45) is 5.37. The van der Waals surface area contributed by atoms with Gasteiger partial charge in [0.25, 0.3) is 5.91 Å². The topological polar surface area (TPSA) is 104 Å². The second-order valence-electron chi connectivity index (χ2n) is 8.54. The summed E-state index contributed by atoms with van der Waals surface area (Å²) in [5, 5.41) is 16.1. The van der Waals surface area contributed by atoms with E-state index in [1.54, 1.807) is 49.5 Å². The molecule has 0 aliphatic carbocycles. The third-order valence-electron chi connectivity index (χ3n) is 6.37. The Bertz CT molecular complexity index is 1400. The number of carbonyl (C=O) groups excluding carboxylic acids is 1. The standard InChI is InChI=1S/C28H28N6OS/c1-18(22-5-4-6-23-24(28(35)30-2)11-12-31-27(22)23)21(16-36-3)15-32-26-13-25(33-17-34-26)20-9-7-19(14-29)8-10-20/h4-13,17-18,21H,15-16H2,1-3H3,(H,30,35)(H,32,33,34). The number of aromatic nitrogens is 3. The minimum Gasteiger partial charge on any atom is -0.370 e. The first-order valence-electron chi connectivity index (χ1n) is 11.7. The summed E-state index contributed by atoms with van der Waals surface area (Å²) in [5.41, 5.74) is 4.97. The summed E-state index contributed by atoms with van der Waals surface area (Å²) in [7, 11) is 1.64. The van der Waals surface area contributed by atoms with Crippen LogP contribution in [0, 0.1) is 17.2 Å². The van der Waals surface area contributed by atoms with Crippen LogP contribution < -0.4 is 10.6 Å². The van der Waals surface area contributed by atoms with E-state index in [1.165, 1.54) is 0 Å². The molecule has 0 bridgehead atoms. The van der Waals surface area contributed by atoms with E-state index in [0.717, 1.165) is 45.8 Å². The second kappa shape index (κ2) is 11.6. The molecule has 0 aliphatic heterocycles. The summed E-state index contributed by atoms with van der Waals surface area (Å²) in [6.45, 7) is 2.94. The number of hydrogen-bond acceptors (Lipinski definition) is 7. The Morgan fingerprint density at radius 2 is 1.92 bits per heavy atom. The monoisotopic (exact) mass is 496 g/mol. The molecule has 0 saturated heterocycles. The second-order valence-corrected chi connectivity index (χ2v) is 9.45. The Morgan fingerprint density at radius 1 is 1.11 bits per heavy atom. The van der Waals surface area contributed by atoms with Gasteiger partial charge in [-0.2, -0.15) is 17.0 Å². The minimum atomic E-state index is -0.114. The van der Waals surface area contributed by atoms with Crippen LogP contribution in [0.25, 0.3) is 22.2 Å². The van der Waals surface area contributed by atoms with Gasteiger partial charge in [0.2, 0.25) is 0 Å². The third-order valence-corrected chi connectivity index (χ3v) is 7.14. The van der Waals surface area contributed by atoms with Crippen LogP contribution in [-0.4, -0.2) is 46.5 Å². The van der Waals surface area contributed by atoms with Gasteiger partial charge in [-0.15, -0.1) is 0 Å². The Labute approximate surface area is 215 Å². The van der Waals surface area contributed by atoms with Crippen LogP contribution in [0.2, 0.25) is 0 Å². The van der Waals surface area contributed by atoms with Gasteiger partial charge in [-0.3, -0.25) is 9.78 Å². The summed E-state index contributed by atoms with van der Waals surface area (Å²) < 4.78 is 0. The number of amides is 1. The van der Waals surface area contributed by atoms with Crippen LogP contribution in [0.4, 0.5) is 5.82 Å². The van der Waals surface area contributed by atoms with Gasteiger partial charge in [-0.1, -0.05) is 37.3 Å². The molecule has 36 heavy (non-hydrogen) atoms. The zero-order chi connectivity index (χ0) is 25.5. The number of carbonyl (C=O) groups is 1. The maximum Gasteiger partial charge on any atom is 0.251 e. The highest BCUT2D eigenvalue weighted by Gasteiger charge is 2.22. The molecule has 8 heteroatoms. The van der Waals surface area contributed by atoms with Gasteiger partial charge in [-0.25, -0.2) is 9.97 Å². The number of hydrogen-bond donors (Lipinski definition) is 2. The lowest BCUT2D eigenvalue weighted by atomic mass is 9.86. The lowest BCUT2D eigenvalue weighted by Crippen LogP contribution is -2.23. The van der Waals surface area contributed by atoms with Gasteiger partial charge < -0.3 is 10.6 Å². The largest absolute Gasteiger partial charge is 0.370 e. The van der Waals surface area contributed by atoms with Gasteiger partial charge >= 0.3 is 0 Å². The first-order chi connectivity index (χ1) is 17.5. The van der Waals surface area contributed by atoms with Crippen LogP contribution in [0.1, 0.15) is 34.3 Å². The number of nitriles is 1. The summed E-state index contributed by atoms with van der Waals surface area (Å²) in [5.74, 6) is 2.08. The van der Waals surface area contributed by atoms with Crippen molar-refractivity contribution in [2.75, 3.05) is 30.9 Å². The van der Waals surface area contributed by atoms with Crippen molar-refractivity contribution < 1.29 is 4.79 Å². The van der Waals surface area contributed by atoms with E-state index in [1.807, 2.05) is 30.3 Å². The van der Waals surface area contributed by atoms with E-state index >= 15 is 0 Å². The molecule has 2 N–H and O–H groups in total. The van der Waals surface area contributed by atoms with E-state index in [2.05, 4.69) is 50.9 Å². The Balaban J connectivity index is 1.56. The van der Waals surface area contributed by atoms with Crippen molar-refractivity contribution >= 4 is 34.4 Å². The predicted octanol–water partition coefficient (Wildman–Crippen LogP) is 5.12. The molecule has 1 amide bonds. The highest BCUT2D eigenvalue weighted by Crippen LogP contribution is 2.32. The van der Waals surface area contributed by atoms with Crippen molar-refractivity contribution in [3.8, 4) is 17.3 Å². The van der Waals surface area contributed by atoms with Crippen molar-refractivity contribution in [2.45, 2.75) is 12.8 Å². The minimum absolute atomic E-state index is 0.114. The van der Waals surface area contributed by atoms with Crippen molar-refractivity contribution in [1.29, 1.82) is 5.26 Å². The van der Waals surface area contributed by atoms with Gasteiger partial charge in [0.1, 0.15) is 12.1 Å². The maximum absolute atomic E-state index is 12.4. The number of pyridine rings is 1. The highest BCUT2D eigenvalue weighted by atomic mass is 32.2. The van der Waals surface area contributed by atoms with Gasteiger partial charge in [0.15, 0.2) is 0 Å². The Morgan fingerprint density at radius 3 is 2.64 bits per heavy atom. The molecule has 0 saturated carbocycles. The number of fused-ring (bicyclic) bond motifs is 1. The average molecular weight is 497 g/mol. The number of nitrogens with one attached hydrogen (secondary N) is 2. The molecule has 2 atom stereocenters. The molecule has 2 unspecified atom stereocenters. The van der Waals surface area contributed by atoms with Crippen molar-refractivity contribution in [3.63, 3.8) is 0 Å². The highest BCUT2D eigenvalue weighted by molar-refractivity contribution is 7.98. The molecule has 0 fully saturated rings. The quantitative estimate of drug-likeness (QED) is 0.331. The number of nitrogens with zero attached hydrogens (tertiary/aromatic N) is 4. The maximum atomic E-state index is 12.4. The smallest absolute Gasteiger partial charge is 0.251 e. The SMILES string of the molecule is CNC(=O)c1ccnc2c(C(C)C(CNc3cc(-c4ccc(C#N)cc4)ncn3)CSC)cccc12. The lowest BCUT2D eigenvalue weighted by Gasteiger charge is -2.25. The third kappa shape index (κ3) is 5.47. The molecule has 7 nitrogen and oxygen atoms in total. The van der Waals surface area contributed by atoms with Crippen LogP contribution >= 0.6 is 11.8 Å². The van der Waals surface area contributed by atoms with E-state index in [9.17, 15) is 4.79 Å². The molecule has 4 rings (SSSR count). The normalized spacial score (nSPS) is 12.5. The van der Waals surface area contributed by atoms with E-state index in [-0.39, 0.29) is 11.8 Å². The molecule has 0 radical (unpaired) electrons. The number of para-hydroxylation sites is 1. The van der Waals surface area contributed by atoms with Gasteiger partial charge in [0, 0.05) is 36.8 Å². The van der Waals surface area contributed by atoms with Gasteiger partial charge in [-0.05, 0) is 47.6 Å². The van der Waals surface area contributed by atoms with Gasteiger partial charge in [0.05, 0.1) is 28.4 Å². The van der Waals surface area contributed by atoms with Crippen LogP contribution in [0.5, 0.6) is 0 Å². The first kappa shape index (κ1) is 25.1. The zero-order valence-electron chi connectivity index (χ0n) is 20.5. The van der Waals surface area contributed by atoms with Crippen molar-refractivity contribution in [3.05, 3.63) is 83.8 Å². The average Bonchev–Trinajstić information content (AvgIpc) is 2.94. The number of rotatable bonds is 9. The first-order valence-corrected chi connectivity index (χ1v) is 13.1. The Kier molecular flexibility index (Phi) is 8.13. The summed E-state index contributed by atoms with van der Waals surface area (Å²) in [6, 6.07) is 19.2. The molecule has 4 aromatic rings. The van der Waals surface area contributed by atoms with Crippen molar-refractivity contribution in [2.24, 2.45) is 5.92 Å². The summed E-state index contributed by atoms with van der Waals surface area (Å²) in [4.78, 5) is 25.8. The van der Waals surface area contributed by atoms with Crippen LogP contribution in [0.3, 0.4) is 0 Å². The molecular formula is C28H28N6OS. The van der Waals surface area contributed by atoms with E-state index in [4.69, 9.17) is 5.26 Å². The zero-order valence-corrected chi connectivity index (χ0v) is 21.3. The predicted molar refractivity (Wildman–Crippen MR) is 146 cm³/mol. The molecule has 2 aromatic carbocycles. The number of thioether (sulfide) groups is 1. The van der Waals surface area contributed by atoms with Crippen LogP contribution in [-0.2, 0) is 0 Å². The number of benzene rings is 2. The Hall–Kier alpha value is -3.96. The molecule has 2 aromatic heterocycles. The molecule has 2 heterocycles. The van der Waals surface area contributed by atoms with Crippen molar-refractivity contribution in [1.82, 2.24) is 20.3 Å². The summed E-state index contributed by atoms with van der Waals surface area (Å²) >= 11 is 1.80. The lowest BCUT2D eigenvalue weighted by molar-refractivity contribution is 0.0964. The fourth-order valence-electron chi connectivity index (χ4n) is 4.31. The van der Waals surface area contributed by atoms with E-state index < -0.39 is 0 Å². The fraction of sp³-hybridized carbons (Fsp3) is 0.250. The van der Waals surface area contributed by atoms with Crippen LogP contribution in [0.15, 0.2) is 67.1 Å². The molecular weight excluding hydrogens is 468 g/mol. The number of anilines is 1.